The van der Waals surface area contributed by atoms with Crippen LogP contribution in [-0.2, 0) is 10.0 Å². The lowest BCUT2D eigenvalue weighted by atomic mass is 10.1. The maximum atomic E-state index is 12.9. The number of amides is 1. The van der Waals surface area contributed by atoms with Crippen molar-refractivity contribution in [3.8, 4) is 0 Å². The Kier molecular flexibility index (Phi) is 5.73. The van der Waals surface area contributed by atoms with Gasteiger partial charge in [0.15, 0.2) is 0 Å². The summed E-state index contributed by atoms with van der Waals surface area (Å²) in [6, 6.07) is 13.2. The molecule has 0 spiro atoms. The van der Waals surface area contributed by atoms with Crippen LogP contribution in [0.5, 0.6) is 0 Å². The molecule has 2 rings (SSSR count). The van der Waals surface area contributed by atoms with Crippen molar-refractivity contribution >= 4 is 21.6 Å². The minimum atomic E-state index is -3.78. The van der Waals surface area contributed by atoms with Crippen LogP contribution in [0.1, 0.15) is 29.8 Å². The highest BCUT2D eigenvalue weighted by Gasteiger charge is 2.22. The molecule has 0 atom stereocenters. The first-order chi connectivity index (χ1) is 12.0. The number of anilines is 1. The van der Waals surface area contributed by atoms with Gasteiger partial charge in [-0.25, -0.2) is 8.42 Å². The number of nitrogens with zero attached hydrogens (tertiary/aromatic N) is 1. The van der Waals surface area contributed by atoms with E-state index in [1.165, 1.54) is 23.5 Å². The van der Waals surface area contributed by atoms with Crippen LogP contribution >= 0.6 is 0 Å². The molecule has 2 aromatic carbocycles. The molecular formula is C19H25N3O3S. The topological polar surface area (TPSA) is 92.5 Å². The van der Waals surface area contributed by atoms with E-state index in [1.54, 1.807) is 38.1 Å². The van der Waals surface area contributed by atoms with Crippen LogP contribution in [0.2, 0.25) is 0 Å². The minimum Gasteiger partial charge on any atom is -0.350 e. The van der Waals surface area contributed by atoms with E-state index in [-0.39, 0.29) is 22.9 Å². The minimum absolute atomic E-state index is 0.0558. The van der Waals surface area contributed by atoms with Crippen molar-refractivity contribution in [3.05, 3.63) is 59.7 Å². The number of sulfonamides is 1. The molecule has 0 radical (unpaired) electrons. The van der Waals surface area contributed by atoms with Gasteiger partial charge in [0.25, 0.3) is 15.9 Å². The summed E-state index contributed by atoms with van der Waals surface area (Å²) in [6.45, 7) is 5.81. The summed E-state index contributed by atoms with van der Waals surface area (Å²) in [5.74, 6) is -0.362. The number of aryl methyl sites for hydroxylation is 1. The largest absolute Gasteiger partial charge is 0.350 e. The summed E-state index contributed by atoms with van der Waals surface area (Å²) >= 11 is 0. The lowest BCUT2D eigenvalue weighted by Gasteiger charge is -2.21. The Labute approximate surface area is 155 Å². The van der Waals surface area contributed by atoms with Crippen molar-refractivity contribution < 1.29 is 13.2 Å². The molecule has 0 aliphatic carbocycles. The SMILES string of the molecule is Cc1ccc(N(C)S(=O)(=O)c2cccc(C(=O)NCC(C)(C)N)c2)cc1. The molecule has 140 valence electrons. The Morgan fingerprint density at radius 3 is 2.35 bits per heavy atom. The quantitative estimate of drug-likeness (QED) is 0.810. The Hall–Kier alpha value is -2.38. The Bertz CT molecular complexity index is 885. The molecule has 0 heterocycles. The second-order valence-corrected chi connectivity index (χ2v) is 8.98. The van der Waals surface area contributed by atoms with E-state index in [9.17, 15) is 13.2 Å². The number of carbonyl (C=O) groups excluding carboxylic acids is 1. The first-order valence-electron chi connectivity index (χ1n) is 8.23. The second-order valence-electron chi connectivity index (χ2n) is 7.01. The molecule has 0 saturated heterocycles. The second kappa shape index (κ2) is 7.47. The number of nitrogens with two attached hydrogens (primary N) is 1. The summed E-state index contributed by atoms with van der Waals surface area (Å²) in [6.07, 6.45) is 0. The molecule has 0 aromatic heterocycles. The van der Waals surface area contributed by atoms with Crippen molar-refractivity contribution in [3.63, 3.8) is 0 Å². The number of hydrogen-bond donors (Lipinski definition) is 2. The predicted octanol–water partition coefficient (Wildman–Crippen LogP) is 2.29. The zero-order valence-corrected chi connectivity index (χ0v) is 16.3. The molecule has 0 fully saturated rings. The molecule has 3 N–H and O–H groups in total. The Morgan fingerprint density at radius 1 is 1.15 bits per heavy atom. The van der Waals surface area contributed by atoms with Crippen LogP contribution in [0, 0.1) is 6.92 Å². The average molecular weight is 375 g/mol. The van der Waals surface area contributed by atoms with Crippen molar-refractivity contribution in [2.24, 2.45) is 5.73 Å². The zero-order valence-electron chi connectivity index (χ0n) is 15.5. The number of hydrogen-bond acceptors (Lipinski definition) is 4. The van der Waals surface area contributed by atoms with Crippen LogP contribution in [0.15, 0.2) is 53.4 Å². The fraction of sp³-hybridized carbons (Fsp3) is 0.316. The van der Waals surface area contributed by atoms with Gasteiger partial charge < -0.3 is 11.1 Å². The fourth-order valence-corrected chi connectivity index (χ4v) is 3.50. The molecule has 26 heavy (non-hydrogen) atoms. The van der Waals surface area contributed by atoms with Crippen molar-refractivity contribution in [1.29, 1.82) is 0 Å². The monoisotopic (exact) mass is 375 g/mol. The van der Waals surface area contributed by atoms with E-state index in [0.717, 1.165) is 5.56 Å². The van der Waals surface area contributed by atoms with E-state index in [1.807, 2.05) is 19.1 Å². The maximum Gasteiger partial charge on any atom is 0.264 e. The first kappa shape index (κ1) is 19.9. The fourth-order valence-electron chi connectivity index (χ4n) is 2.26. The standard InChI is InChI=1S/C19H25N3O3S/c1-14-8-10-16(11-9-14)22(4)26(24,25)17-7-5-6-15(12-17)18(23)21-13-19(2,3)20/h5-12H,13,20H2,1-4H3,(H,21,23). The smallest absolute Gasteiger partial charge is 0.264 e. The predicted molar refractivity (Wildman–Crippen MR) is 104 cm³/mol. The van der Waals surface area contributed by atoms with E-state index < -0.39 is 15.6 Å². The average Bonchev–Trinajstić information content (AvgIpc) is 2.59. The van der Waals surface area contributed by atoms with Gasteiger partial charge in [0.05, 0.1) is 10.6 Å². The van der Waals surface area contributed by atoms with Crippen molar-refractivity contribution in [2.45, 2.75) is 31.2 Å². The van der Waals surface area contributed by atoms with Crippen LogP contribution in [0.4, 0.5) is 5.69 Å². The molecule has 0 aliphatic rings. The molecule has 2 aromatic rings. The van der Waals surface area contributed by atoms with Crippen LogP contribution in [0.25, 0.3) is 0 Å². The van der Waals surface area contributed by atoms with E-state index in [4.69, 9.17) is 5.73 Å². The van der Waals surface area contributed by atoms with Crippen LogP contribution in [0.3, 0.4) is 0 Å². The number of carbonyl (C=O) groups is 1. The van der Waals surface area contributed by atoms with Crippen LogP contribution in [-0.4, -0.2) is 33.5 Å². The van der Waals surface area contributed by atoms with E-state index >= 15 is 0 Å². The summed E-state index contributed by atoms with van der Waals surface area (Å²) in [5.41, 5.74) is 7.17. The van der Waals surface area contributed by atoms with Gasteiger partial charge in [-0.05, 0) is 51.1 Å². The summed E-state index contributed by atoms with van der Waals surface area (Å²) in [4.78, 5) is 12.3. The molecule has 0 bridgehead atoms. The number of benzene rings is 2. The third kappa shape index (κ3) is 4.83. The van der Waals surface area contributed by atoms with Gasteiger partial charge in [-0.2, -0.15) is 0 Å². The summed E-state index contributed by atoms with van der Waals surface area (Å²) in [7, 11) is -2.29. The van der Waals surface area contributed by atoms with Crippen LogP contribution < -0.4 is 15.4 Å². The first-order valence-corrected chi connectivity index (χ1v) is 9.67. The van der Waals surface area contributed by atoms with Gasteiger partial charge in [-0.15, -0.1) is 0 Å². The van der Waals surface area contributed by atoms with Gasteiger partial charge in [0.2, 0.25) is 0 Å². The summed E-state index contributed by atoms with van der Waals surface area (Å²) in [5, 5.41) is 2.71. The van der Waals surface area contributed by atoms with E-state index in [2.05, 4.69) is 5.32 Å². The zero-order chi connectivity index (χ0) is 19.5. The lowest BCUT2D eigenvalue weighted by molar-refractivity contribution is 0.0946. The Morgan fingerprint density at radius 2 is 1.77 bits per heavy atom. The highest BCUT2D eigenvalue weighted by molar-refractivity contribution is 7.92. The van der Waals surface area contributed by atoms with E-state index in [0.29, 0.717) is 5.69 Å². The molecule has 0 aliphatic heterocycles. The molecule has 0 unspecified atom stereocenters. The molecule has 6 nitrogen and oxygen atoms in total. The molecule has 7 heteroatoms. The Balaban J connectivity index is 2.27. The van der Waals surface area contributed by atoms with Crippen molar-refractivity contribution in [2.75, 3.05) is 17.9 Å². The van der Waals surface area contributed by atoms with Gasteiger partial charge >= 0.3 is 0 Å². The number of rotatable bonds is 6. The number of nitrogens with one attached hydrogen (secondary N) is 1. The van der Waals surface area contributed by atoms with Gasteiger partial charge in [0.1, 0.15) is 0 Å². The third-order valence-electron chi connectivity index (χ3n) is 3.86. The summed E-state index contributed by atoms with van der Waals surface area (Å²) < 4.78 is 27.0. The maximum absolute atomic E-state index is 12.9. The lowest BCUT2D eigenvalue weighted by Crippen LogP contribution is -2.45. The van der Waals surface area contributed by atoms with Gasteiger partial charge in [-0.3, -0.25) is 9.10 Å². The molecule has 0 saturated carbocycles. The highest BCUT2D eigenvalue weighted by atomic mass is 32.2. The molecular weight excluding hydrogens is 350 g/mol. The molecule has 1 amide bonds. The highest BCUT2D eigenvalue weighted by Crippen LogP contribution is 2.23. The van der Waals surface area contributed by atoms with Gasteiger partial charge in [0, 0.05) is 24.7 Å². The van der Waals surface area contributed by atoms with Gasteiger partial charge in [-0.1, -0.05) is 23.8 Å². The van der Waals surface area contributed by atoms with Crippen molar-refractivity contribution in [1.82, 2.24) is 5.32 Å². The third-order valence-corrected chi connectivity index (χ3v) is 5.64. The normalized spacial score (nSPS) is 11.9.